The molecule has 2 aliphatic heterocycles. The van der Waals surface area contributed by atoms with E-state index < -0.39 is 0 Å². The number of rotatable bonds is 8. The van der Waals surface area contributed by atoms with Gasteiger partial charge in [0.05, 0.1) is 0 Å². The van der Waals surface area contributed by atoms with Crippen molar-refractivity contribution in [1.29, 1.82) is 0 Å². The lowest BCUT2D eigenvalue weighted by Crippen LogP contribution is -2.48. The molecule has 0 saturated carbocycles. The molecule has 0 aliphatic carbocycles. The Morgan fingerprint density at radius 3 is 2.40 bits per heavy atom. The Bertz CT molecular complexity index is 624. The van der Waals surface area contributed by atoms with Crippen LogP contribution in [0.4, 0.5) is 0 Å². The maximum Gasteiger partial charge on any atom is 0.193 e. The fourth-order valence-corrected chi connectivity index (χ4v) is 5.10. The van der Waals surface area contributed by atoms with E-state index in [2.05, 4.69) is 69.2 Å². The zero-order valence-electron chi connectivity index (χ0n) is 19.5. The molecule has 2 unspecified atom stereocenters. The predicted molar refractivity (Wildman–Crippen MR) is 128 cm³/mol. The van der Waals surface area contributed by atoms with Crippen LogP contribution in [0.25, 0.3) is 0 Å². The molecule has 0 spiro atoms. The predicted octanol–water partition coefficient (Wildman–Crippen LogP) is 3.50. The molecule has 2 fully saturated rings. The second kappa shape index (κ2) is 12.3. The topological polar surface area (TPSA) is 34.1 Å². The molecule has 30 heavy (non-hydrogen) atoms. The third kappa shape index (κ3) is 6.45. The lowest BCUT2D eigenvalue weighted by molar-refractivity contribution is 0.136. The van der Waals surface area contributed by atoms with Crippen molar-refractivity contribution in [2.45, 2.75) is 45.4 Å². The summed E-state index contributed by atoms with van der Waals surface area (Å²) in [4.78, 5) is 12.3. The van der Waals surface area contributed by atoms with E-state index in [4.69, 9.17) is 0 Å². The van der Waals surface area contributed by atoms with Gasteiger partial charge in [0.1, 0.15) is 0 Å². The molecular weight excluding hydrogens is 370 g/mol. The molecule has 2 atom stereocenters. The van der Waals surface area contributed by atoms with Crippen LogP contribution in [-0.2, 0) is 0 Å². The summed E-state index contributed by atoms with van der Waals surface area (Å²) in [6.45, 7) is 15.2. The number of hydrogen-bond donors (Lipinski definition) is 1. The molecule has 0 amide bonds. The lowest BCUT2D eigenvalue weighted by atomic mass is 9.79. The van der Waals surface area contributed by atoms with E-state index in [-0.39, 0.29) is 0 Å². The highest BCUT2D eigenvalue weighted by atomic mass is 15.3. The van der Waals surface area contributed by atoms with Gasteiger partial charge in [-0.2, -0.15) is 0 Å². The van der Waals surface area contributed by atoms with Crippen LogP contribution in [0.5, 0.6) is 0 Å². The molecule has 1 N–H and O–H groups in total. The molecule has 0 radical (unpaired) electrons. The molecule has 0 bridgehead atoms. The fraction of sp³-hybridized carbons (Fsp3) is 0.720. The van der Waals surface area contributed by atoms with Gasteiger partial charge in [0.25, 0.3) is 0 Å². The van der Waals surface area contributed by atoms with Crippen LogP contribution in [0, 0.1) is 5.92 Å². The van der Waals surface area contributed by atoms with Gasteiger partial charge in [-0.1, -0.05) is 50.6 Å². The van der Waals surface area contributed by atoms with E-state index in [0.717, 1.165) is 25.6 Å². The zero-order chi connectivity index (χ0) is 21.2. The Morgan fingerprint density at radius 2 is 1.73 bits per heavy atom. The molecule has 5 heteroatoms. The number of guanidine groups is 1. The largest absolute Gasteiger partial charge is 0.356 e. The molecule has 1 aromatic rings. The van der Waals surface area contributed by atoms with E-state index in [1.807, 2.05) is 7.05 Å². The minimum Gasteiger partial charge on any atom is -0.356 e. The molecule has 2 heterocycles. The van der Waals surface area contributed by atoms with Crippen LogP contribution >= 0.6 is 0 Å². The van der Waals surface area contributed by atoms with Crippen molar-refractivity contribution in [1.82, 2.24) is 20.0 Å². The first-order valence-corrected chi connectivity index (χ1v) is 12.2. The summed E-state index contributed by atoms with van der Waals surface area (Å²) in [5, 5.41) is 3.64. The fourth-order valence-electron chi connectivity index (χ4n) is 5.10. The van der Waals surface area contributed by atoms with Crippen molar-refractivity contribution in [2.24, 2.45) is 10.9 Å². The SMILES string of the molecule is CCC1CN(C(=NC)NCCCCN2CCN(CC)CC2)CCC1c1ccccc1. The number of nitrogens with zero attached hydrogens (tertiary/aromatic N) is 4. The summed E-state index contributed by atoms with van der Waals surface area (Å²) in [5.41, 5.74) is 1.51. The molecule has 5 nitrogen and oxygen atoms in total. The molecule has 1 aromatic carbocycles. The number of hydrogen-bond acceptors (Lipinski definition) is 3. The van der Waals surface area contributed by atoms with E-state index in [1.165, 1.54) is 70.5 Å². The smallest absolute Gasteiger partial charge is 0.193 e. The van der Waals surface area contributed by atoms with Crippen LogP contribution < -0.4 is 5.32 Å². The van der Waals surface area contributed by atoms with Crippen LogP contribution in [0.3, 0.4) is 0 Å². The van der Waals surface area contributed by atoms with Crippen molar-refractivity contribution in [3.8, 4) is 0 Å². The number of piperidine rings is 1. The quantitative estimate of drug-likeness (QED) is 0.402. The summed E-state index contributed by atoms with van der Waals surface area (Å²) in [6.07, 6.45) is 4.92. The Labute approximate surface area is 184 Å². The van der Waals surface area contributed by atoms with Crippen molar-refractivity contribution >= 4 is 5.96 Å². The summed E-state index contributed by atoms with van der Waals surface area (Å²) in [6, 6.07) is 11.1. The van der Waals surface area contributed by atoms with Gasteiger partial charge in [-0.3, -0.25) is 4.99 Å². The van der Waals surface area contributed by atoms with Gasteiger partial charge in [-0.25, -0.2) is 0 Å². The highest BCUT2D eigenvalue weighted by molar-refractivity contribution is 5.80. The van der Waals surface area contributed by atoms with Gasteiger partial charge >= 0.3 is 0 Å². The number of likely N-dealkylation sites (N-methyl/N-ethyl adjacent to an activating group) is 1. The number of benzene rings is 1. The summed E-state index contributed by atoms with van der Waals surface area (Å²) in [7, 11) is 1.93. The first kappa shape index (κ1) is 23.1. The van der Waals surface area contributed by atoms with E-state index in [0.29, 0.717) is 11.8 Å². The maximum atomic E-state index is 4.60. The average Bonchev–Trinajstić information content (AvgIpc) is 2.82. The Balaban J connectivity index is 1.38. The molecule has 168 valence electrons. The van der Waals surface area contributed by atoms with Gasteiger partial charge in [0.2, 0.25) is 0 Å². The number of unbranched alkanes of at least 4 members (excludes halogenated alkanes) is 1. The number of piperazine rings is 1. The minimum atomic E-state index is 0.679. The second-order valence-electron chi connectivity index (χ2n) is 8.88. The van der Waals surface area contributed by atoms with Crippen LogP contribution in [0.1, 0.15) is 51.0 Å². The Kier molecular flexibility index (Phi) is 9.47. The van der Waals surface area contributed by atoms with Crippen molar-refractivity contribution in [3.63, 3.8) is 0 Å². The first-order chi connectivity index (χ1) is 14.7. The minimum absolute atomic E-state index is 0.679. The van der Waals surface area contributed by atoms with E-state index in [9.17, 15) is 0 Å². The standard InChI is InChI=1S/C25H43N5/c1-4-22-21-30(16-13-24(22)23-11-7-6-8-12-23)25(26-3)27-14-9-10-15-29-19-17-28(5-2)18-20-29/h6-8,11-12,22,24H,4-5,9-10,13-21H2,1-3H3,(H,26,27). The Hall–Kier alpha value is -1.59. The second-order valence-corrected chi connectivity index (χ2v) is 8.88. The summed E-state index contributed by atoms with van der Waals surface area (Å²) < 4.78 is 0. The van der Waals surface area contributed by atoms with Gasteiger partial charge in [0.15, 0.2) is 5.96 Å². The highest BCUT2D eigenvalue weighted by Crippen LogP contribution is 2.34. The summed E-state index contributed by atoms with van der Waals surface area (Å²) in [5.74, 6) is 2.47. The van der Waals surface area contributed by atoms with Crippen LogP contribution in [0.15, 0.2) is 35.3 Å². The summed E-state index contributed by atoms with van der Waals surface area (Å²) >= 11 is 0. The Morgan fingerprint density at radius 1 is 1.00 bits per heavy atom. The van der Waals surface area contributed by atoms with Crippen molar-refractivity contribution < 1.29 is 0 Å². The molecular formula is C25H43N5. The van der Waals surface area contributed by atoms with E-state index in [1.54, 1.807) is 0 Å². The molecule has 2 saturated heterocycles. The van der Waals surface area contributed by atoms with Gasteiger partial charge in [-0.05, 0) is 49.8 Å². The zero-order valence-corrected chi connectivity index (χ0v) is 19.5. The number of likely N-dealkylation sites (tertiary alicyclic amines) is 1. The van der Waals surface area contributed by atoms with Crippen LogP contribution in [-0.4, -0.2) is 86.6 Å². The van der Waals surface area contributed by atoms with Crippen LogP contribution in [0.2, 0.25) is 0 Å². The number of nitrogens with one attached hydrogen (secondary N) is 1. The molecule has 2 aliphatic rings. The maximum absolute atomic E-state index is 4.60. The molecule has 0 aromatic heterocycles. The molecule has 3 rings (SSSR count). The average molecular weight is 414 g/mol. The van der Waals surface area contributed by atoms with Crippen molar-refractivity contribution in [2.75, 3.05) is 66.0 Å². The highest BCUT2D eigenvalue weighted by Gasteiger charge is 2.30. The van der Waals surface area contributed by atoms with Gasteiger partial charge in [0, 0.05) is 52.9 Å². The van der Waals surface area contributed by atoms with Gasteiger partial charge < -0.3 is 20.0 Å². The number of aliphatic imine (C=N–C) groups is 1. The van der Waals surface area contributed by atoms with Gasteiger partial charge in [-0.15, -0.1) is 0 Å². The third-order valence-corrected chi connectivity index (χ3v) is 7.09. The van der Waals surface area contributed by atoms with E-state index >= 15 is 0 Å². The van der Waals surface area contributed by atoms with Crippen molar-refractivity contribution in [3.05, 3.63) is 35.9 Å². The third-order valence-electron chi connectivity index (χ3n) is 7.09. The normalized spacial score (nSPS) is 24.2. The first-order valence-electron chi connectivity index (χ1n) is 12.2. The lowest BCUT2D eigenvalue weighted by Gasteiger charge is -2.40. The monoisotopic (exact) mass is 413 g/mol.